The van der Waals surface area contributed by atoms with Crippen molar-refractivity contribution in [1.82, 2.24) is 10.2 Å². The van der Waals surface area contributed by atoms with Crippen LogP contribution in [-0.4, -0.2) is 44.3 Å². The van der Waals surface area contributed by atoms with Crippen LogP contribution in [0.15, 0.2) is 24.3 Å². The molecule has 0 saturated heterocycles. The Morgan fingerprint density at radius 3 is 2.33 bits per heavy atom. The molecule has 120 valence electrons. The Morgan fingerprint density at radius 2 is 1.81 bits per heavy atom. The lowest BCUT2D eigenvalue weighted by Crippen LogP contribution is -2.42. The van der Waals surface area contributed by atoms with E-state index in [1.807, 2.05) is 6.92 Å². The molecule has 0 aliphatic rings. The van der Waals surface area contributed by atoms with Gasteiger partial charge in [-0.05, 0) is 45.0 Å². The molecule has 3 nitrogen and oxygen atoms in total. The highest BCUT2D eigenvalue weighted by Gasteiger charge is 2.21. The summed E-state index contributed by atoms with van der Waals surface area (Å²) < 4.78 is 5.47. The monoisotopic (exact) mass is 292 g/mol. The van der Waals surface area contributed by atoms with Crippen LogP contribution in [0.2, 0.25) is 0 Å². The van der Waals surface area contributed by atoms with Gasteiger partial charge in [0, 0.05) is 25.2 Å². The normalized spacial score (nSPS) is 14.4. The van der Waals surface area contributed by atoms with E-state index in [1.165, 1.54) is 11.1 Å². The zero-order chi connectivity index (χ0) is 15.7. The minimum atomic E-state index is 0.354. The molecule has 0 heterocycles. The van der Waals surface area contributed by atoms with E-state index in [0.29, 0.717) is 12.1 Å². The lowest BCUT2D eigenvalue weighted by atomic mass is 9.97. The van der Waals surface area contributed by atoms with Crippen molar-refractivity contribution in [3.8, 4) is 0 Å². The average molecular weight is 292 g/mol. The first-order valence-electron chi connectivity index (χ1n) is 8.24. The highest BCUT2D eigenvalue weighted by molar-refractivity contribution is 5.26. The first-order chi connectivity index (χ1) is 10.1. The van der Waals surface area contributed by atoms with E-state index in [9.17, 15) is 0 Å². The Balaban J connectivity index is 2.73. The van der Waals surface area contributed by atoms with Gasteiger partial charge >= 0.3 is 0 Å². The molecule has 3 heteroatoms. The molecular formula is C18H32N2O. The molecule has 2 atom stereocenters. The van der Waals surface area contributed by atoms with Gasteiger partial charge in [0.2, 0.25) is 0 Å². The third kappa shape index (κ3) is 5.77. The SMILES string of the molecule is CCNC(c1ccc(CC)cc1)C(C)N(C)CCOCC. The number of likely N-dealkylation sites (N-methyl/N-ethyl adjacent to an activating group) is 2. The molecule has 0 radical (unpaired) electrons. The minimum Gasteiger partial charge on any atom is -0.380 e. The van der Waals surface area contributed by atoms with Crippen LogP contribution in [0.5, 0.6) is 0 Å². The van der Waals surface area contributed by atoms with Crippen LogP contribution in [0.4, 0.5) is 0 Å². The lowest BCUT2D eigenvalue weighted by Gasteiger charge is -2.33. The van der Waals surface area contributed by atoms with Gasteiger partial charge in [0.05, 0.1) is 6.61 Å². The minimum absolute atomic E-state index is 0.354. The lowest BCUT2D eigenvalue weighted by molar-refractivity contribution is 0.101. The number of hydrogen-bond acceptors (Lipinski definition) is 3. The Kier molecular flexibility index (Phi) is 8.58. The van der Waals surface area contributed by atoms with Gasteiger partial charge in [-0.2, -0.15) is 0 Å². The first kappa shape index (κ1) is 18.1. The van der Waals surface area contributed by atoms with Crippen LogP contribution in [0.3, 0.4) is 0 Å². The van der Waals surface area contributed by atoms with Crippen molar-refractivity contribution in [3.05, 3.63) is 35.4 Å². The number of rotatable bonds is 10. The quantitative estimate of drug-likeness (QED) is 0.670. The molecule has 1 aromatic carbocycles. The summed E-state index contributed by atoms with van der Waals surface area (Å²) in [4.78, 5) is 2.37. The van der Waals surface area contributed by atoms with Gasteiger partial charge in [0.25, 0.3) is 0 Å². The van der Waals surface area contributed by atoms with Crippen molar-refractivity contribution in [2.45, 2.75) is 46.2 Å². The maximum atomic E-state index is 5.47. The fourth-order valence-electron chi connectivity index (χ4n) is 2.56. The van der Waals surface area contributed by atoms with Gasteiger partial charge in [-0.1, -0.05) is 38.1 Å². The number of hydrogen-bond donors (Lipinski definition) is 1. The summed E-state index contributed by atoms with van der Waals surface area (Å²) in [6, 6.07) is 9.79. The number of benzene rings is 1. The van der Waals surface area contributed by atoms with Gasteiger partial charge in [0.1, 0.15) is 0 Å². The summed E-state index contributed by atoms with van der Waals surface area (Å²) in [5.74, 6) is 0. The summed E-state index contributed by atoms with van der Waals surface area (Å²) in [5, 5.41) is 3.62. The molecule has 0 aliphatic carbocycles. The van der Waals surface area contributed by atoms with E-state index < -0.39 is 0 Å². The molecule has 0 spiro atoms. The van der Waals surface area contributed by atoms with Crippen LogP contribution >= 0.6 is 0 Å². The molecule has 0 aliphatic heterocycles. The predicted molar refractivity (Wildman–Crippen MR) is 90.8 cm³/mol. The molecule has 21 heavy (non-hydrogen) atoms. The number of nitrogens with one attached hydrogen (secondary N) is 1. The standard InChI is InChI=1S/C18H32N2O/c1-6-16-9-11-17(12-10-16)18(19-7-2)15(4)20(5)13-14-21-8-3/h9-12,15,18-19H,6-8,13-14H2,1-5H3. The summed E-state index contributed by atoms with van der Waals surface area (Å²) in [5.41, 5.74) is 2.76. The van der Waals surface area contributed by atoms with Crippen molar-refractivity contribution in [3.63, 3.8) is 0 Å². The molecule has 0 bridgehead atoms. The molecule has 0 saturated carbocycles. The summed E-state index contributed by atoms with van der Waals surface area (Å²) >= 11 is 0. The van der Waals surface area contributed by atoms with Crippen molar-refractivity contribution in [1.29, 1.82) is 0 Å². The fourth-order valence-corrected chi connectivity index (χ4v) is 2.56. The molecule has 1 N–H and O–H groups in total. The summed E-state index contributed by atoms with van der Waals surface area (Å²) in [6.45, 7) is 12.2. The second-order valence-electron chi connectivity index (χ2n) is 5.55. The van der Waals surface area contributed by atoms with Gasteiger partial charge in [-0.25, -0.2) is 0 Å². The van der Waals surface area contributed by atoms with E-state index in [4.69, 9.17) is 4.74 Å². The van der Waals surface area contributed by atoms with Gasteiger partial charge in [-0.15, -0.1) is 0 Å². The Bertz CT molecular complexity index is 377. The summed E-state index contributed by atoms with van der Waals surface area (Å²) in [6.07, 6.45) is 1.09. The first-order valence-corrected chi connectivity index (χ1v) is 8.24. The summed E-state index contributed by atoms with van der Waals surface area (Å²) in [7, 11) is 2.18. The Hall–Kier alpha value is -0.900. The fraction of sp³-hybridized carbons (Fsp3) is 0.667. The van der Waals surface area contributed by atoms with Crippen molar-refractivity contribution < 1.29 is 4.74 Å². The molecule has 0 aromatic heterocycles. The number of aryl methyl sites for hydroxylation is 1. The van der Waals surface area contributed by atoms with Crippen LogP contribution in [0.1, 0.15) is 44.9 Å². The smallest absolute Gasteiger partial charge is 0.0593 e. The predicted octanol–water partition coefficient (Wildman–Crippen LogP) is 3.26. The average Bonchev–Trinajstić information content (AvgIpc) is 2.52. The van der Waals surface area contributed by atoms with Crippen molar-refractivity contribution in [2.24, 2.45) is 0 Å². The van der Waals surface area contributed by atoms with Gasteiger partial charge < -0.3 is 10.1 Å². The number of nitrogens with zero attached hydrogens (tertiary/aromatic N) is 1. The molecule has 1 aromatic rings. The Labute approximate surface area is 130 Å². The van der Waals surface area contributed by atoms with Crippen molar-refractivity contribution in [2.75, 3.05) is 33.4 Å². The third-order valence-electron chi connectivity index (χ3n) is 4.14. The van der Waals surface area contributed by atoms with Gasteiger partial charge in [-0.3, -0.25) is 4.90 Å². The van der Waals surface area contributed by atoms with E-state index in [-0.39, 0.29) is 0 Å². The van der Waals surface area contributed by atoms with E-state index in [1.54, 1.807) is 0 Å². The third-order valence-corrected chi connectivity index (χ3v) is 4.14. The highest BCUT2D eigenvalue weighted by atomic mass is 16.5. The van der Waals surface area contributed by atoms with Crippen LogP contribution in [0.25, 0.3) is 0 Å². The van der Waals surface area contributed by atoms with Gasteiger partial charge in [0.15, 0.2) is 0 Å². The van der Waals surface area contributed by atoms with Crippen LogP contribution in [0, 0.1) is 0 Å². The Morgan fingerprint density at radius 1 is 1.14 bits per heavy atom. The molecular weight excluding hydrogens is 260 g/mol. The molecule has 0 fully saturated rings. The highest BCUT2D eigenvalue weighted by Crippen LogP contribution is 2.21. The van der Waals surface area contributed by atoms with Crippen LogP contribution in [-0.2, 0) is 11.2 Å². The zero-order valence-electron chi connectivity index (χ0n) is 14.4. The second kappa shape index (κ2) is 9.93. The largest absolute Gasteiger partial charge is 0.380 e. The molecule has 2 unspecified atom stereocenters. The zero-order valence-corrected chi connectivity index (χ0v) is 14.4. The van der Waals surface area contributed by atoms with Crippen molar-refractivity contribution >= 4 is 0 Å². The van der Waals surface area contributed by atoms with Crippen LogP contribution < -0.4 is 5.32 Å². The van der Waals surface area contributed by atoms with E-state index >= 15 is 0 Å². The van der Waals surface area contributed by atoms with E-state index in [2.05, 4.69) is 62.3 Å². The molecule has 0 amide bonds. The molecule has 1 rings (SSSR count). The topological polar surface area (TPSA) is 24.5 Å². The second-order valence-corrected chi connectivity index (χ2v) is 5.55. The number of ether oxygens (including phenoxy) is 1. The maximum Gasteiger partial charge on any atom is 0.0593 e. The van der Waals surface area contributed by atoms with E-state index in [0.717, 1.165) is 32.7 Å². The maximum absolute atomic E-state index is 5.47.